The van der Waals surface area contributed by atoms with Crippen molar-refractivity contribution in [2.75, 3.05) is 5.73 Å². The third kappa shape index (κ3) is 1.77. The lowest BCUT2D eigenvalue weighted by Gasteiger charge is -2.05. The van der Waals surface area contributed by atoms with Crippen LogP contribution in [0.4, 0.5) is 5.69 Å². The summed E-state index contributed by atoms with van der Waals surface area (Å²) in [5.74, 6) is -0.0222. The molecule has 0 unspecified atom stereocenters. The van der Waals surface area contributed by atoms with Crippen LogP contribution in [0.1, 0.15) is 5.69 Å². The summed E-state index contributed by atoms with van der Waals surface area (Å²) in [7, 11) is 0. The zero-order valence-corrected chi connectivity index (χ0v) is 8.82. The van der Waals surface area contributed by atoms with Crippen molar-refractivity contribution in [3.8, 4) is 16.9 Å². The second-order valence-corrected chi connectivity index (χ2v) is 3.66. The highest BCUT2D eigenvalue weighted by Crippen LogP contribution is 2.25. The van der Waals surface area contributed by atoms with Crippen LogP contribution in [0.15, 0.2) is 35.1 Å². The Bertz CT molecular complexity index is 571. The number of anilines is 1. The molecule has 82 valence electrons. The van der Waals surface area contributed by atoms with Crippen LogP contribution < -0.4 is 11.3 Å². The van der Waals surface area contributed by atoms with Gasteiger partial charge >= 0.3 is 0 Å². The molecule has 0 aliphatic carbocycles. The first kappa shape index (κ1) is 10.3. The molecule has 4 heteroatoms. The molecule has 1 aromatic heterocycles. The molecular weight excluding hydrogens is 204 g/mol. The fourth-order valence-electron chi connectivity index (χ4n) is 1.60. The van der Waals surface area contributed by atoms with Crippen molar-refractivity contribution in [3.05, 3.63) is 46.4 Å². The lowest BCUT2D eigenvalue weighted by Crippen LogP contribution is -2.10. The van der Waals surface area contributed by atoms with Gasteiger partial charge in [-0.05, 0) is 30.7 Å². The number of nitrogens with one attached hydrogen (secondary N) is 1. The molecule has 0 aliphatic heterocycles. The van der Waals surface area contributed by atoms with Crippen LogP contribution in [0.3, 0.4) is 0 Å². The van der Waals surface area contributed by atoms with Gasteiger partial charge in [0.15, 0.2) is 0 Å². The Morgan fingerprint density at radius 3 is 2.44 bits per heavy atom. The molecule has 0 fully saturated rings. The van der Waals surface area contributed by atoms with E-state index >= 15 is 0 Å². The Hall–Kier alpha value is -2.23. The fraction of sp³-hybridized carbons (Fsp3) is 0.0833. The smallest absolute Gasteiger partial charge is 0.259 e. The van der Waals surface area contributed by atoms with E-state index in [4.69, 9.17) is 5.73 Å². The van der Waals surface area contributed by atoms with E-state index < -0.39 is 0 Å². The first-order valence-corrected chi connectivity index (χ1v) is 4.87. The zero-order chi connectivity index (χ0) is 11.7. The van der Waals surface area contributed by atoms with Crippen LogP contribution in [0.2, 0.25) is 0 Å². The second kappa shape index (κ2) is 3.73. The van der Waals surface area contributed by atoms with Gasteiger partial charge in [-0.3, -0.25) is 4.79 Å². The number of aromatic hydroxyl groups is 1. The minimum Gasteiger partial charge on any atom is -0.507 e. The average Bonchev–Trinajstić information content (AvgIpc) is 2.19. The van der Waals surface area contributed by atoms with Crippen molar-refractivity contribution >= 4 is 5.69 Å². The summed E-state index contributed by atoms with van der Waals surface area (Å²) in [5.41, 5.74) is 7.41. The molecule has 0 bridgehead atoms. The summed E-state index contributed by atoms with van der Waals surface area (Å²) in [4.78, 5) is 14.3. The van der Waals surface area contributed by atoms with Gasteiger partial charge in [-0.15, -0.1) is 0 Å². The molecule has 0 saturated carbocycles. The van der Waals surface area contributed by atoms with Crippen molar-refractivity contribution in [1.29, 1.82) is 0 Å². The Morgan fingerprint density at radius 2 is 1.88 bits per heavy atom. The van der Waals surface area contributed by atoms with Gasteiger partial charge in [-0.2, -0.15) is 0 Å². The first-order chi connectivity index (χ1) is 7.58. The number of hydrogen-bond donors (Lipinski definition) is 3. The van der Waals surface area contributed by atoms with Crippen LogP contribution in [0.25, 0.3) is 11.1 Å². The van der Waals surface area contributed by atoms with E-state index in [9.17, 15) is 9.90 Å². The third-order valence-electron chi connectivity index (χ3n) is 2.35. The van der Waals surface area contributed by atoms with Crippen LogP contribution in [0.5, 0.6) is 5.75 Å². The summed E-state index contributed by atoms with van der Waals surface area (Å²) in [6, 6.07) is 8.30. The summed E-state index contributed by atoms with van der Waals surface area (Å²) in [5, 5.41) is 9.74. The van der Waals surface area contributed by atoms with E-state index in [2.05, 4.69) is 4.98 Å². The normalized spacial score (nSPS) is 10.3. The number of rotatable bonds is 1. The molecule has 4 N–H and O–H groups in total. The number of nitrogen functional groups attached to an aromatic ring is 1. The summed E-state index contributed by atoms with van der Waals surface area (Å²) in [6.07, 6.45) is 0. The van der Waals surface area contributed by atoms with Crippen molar-refractivity contribution in [1.82, 2.24) is 4.98 Å². The van der Waals surface area contributed by atoms with E-state index in [1.807, 2.05) is 0 Å². The molecule has 0 saturated heterocycles. The van der Waals surface area contributed by atoms with E-state index in [1.54, 1.807) is 31.2 Å². The summed E-state index contributed by atoms with van der Waals surface area (Å²) >= 11 is 0. The lowest BCUT2D eigenvalue weighted by atomic mass is 10.1. The molecule has 0 atom stereocenters. The predicted octanol–water partition coefficient (Wildman–Crippen LogP) is 1.64. The molecule has 16 heavy (non-hydrogen) atoms. The van der Waals surface area contributed by atoms with Gasteiger partial charge in [-0.25, -0.2) is 0 Å². The van der Waals surface area contributed by atoms with Crippen molar-refractivity contribution in [3.63, 3.8) is 0 Å². The monoisotopic (exact) mass is 216 g/mol. The Labute approximate surface area is 92.4 Å². The molecule has 0 spiro atoms. The van der Waals surface area contributed by atoms with Gasteiger partial charge in [0.1, 0.15) is 5.75 Å². The van der Waals surface area contributed by atoms with E-state index in [-0.39, 0.29) is 16.9 Å². The Balaban J connectivity index is 2.65. The topological polar surface area (TPSA) is 79.1 Å². The largest absolute Gasteiger partial charge is 0.507 e. The predicted molar refractivity (Wildman–Crippen MR) is 63.3 cm³/mol. The highest BCUT2D eigenvalue weighted by Gasteiger charge is 2.09. The van der Waals surface area contributed by atoms with Gasteiger partial charge in [0.05, 0.1) is 5.56 Å². The van der Waals surface area contributed by atoms with Crippen LogP contribution >= 0.6 is 0 Å². The zero-order valence-electron chi connectivity index (χ0n) is 8.82. The van der Waals surface area contributed by atoms with Crippen LogP contribution in [-0.4, -0.2) is 10.1 Å². The summed E-state index contributed by atoms with van der Waals surface area (Å²) < 4.78 is 0. The molecular formula is C12H12N2O2. The van der Waals surface area contributed by atoms with Gasteiger partial charge in [-0.1, -0.05) is 12.1 Å². The highest BCUT2D eigenvalue weighted by atomic mass is 16.3. The maximum atomic E-state index is 11.7. The quantitative estimate of drug-likeness (QED) is 0.634. The first-order valence-electron chi connectivity index (χ1n) is 4.87. The minimum absolute atomic E-state index is 0.0222. The molecule has 2 aromatic rings. The molecule has 1 aromatic carbocycles. The molecule has 1 heterocycles. The van der Waals surface area contributed by atoms with Crippen LogP contribution in [-0.2, 0) is 0 Å². The van der Waals surface area contributed by atoms with Gasteiger partial charge in [0.25, 0.3) is 5.56 Å². The fourth-order valence-corrected chi connectivity index (χ4v) is 1.60. The van der Waals surface area contributed by atoms with Gasteiger partial charge in [0, 0.05) is 11.4 Å². The maximum Gasteiger partial charge on any atom is 0.259 e. The molecule has 0 amide bonds. The SMILES string of the molecule is Cc1cc(O)c(-c2ccc(N)cc2)c(=O)[nH]1. The summed E-state index contributed by atoms with van der Waals surface area (Å²) in [6.45, 7) is 1.72. The van der Waals surface area contributed by atoms with Gasteiger partial charge in [0.2, 0.25) is 0 Å². The number of aryl methyl sites for hydroxylation is 1. The number of aromatic nitrogens is 1. The van der Waals surface area contributed by atoms with Crippen LogP contribution in [0, 0.1) is 6.92 Å². The van der Waals surface area contributed by atoms with E-state index in [1.165, 1.54) is 6.07 Å². The average molecular weight is 216 g/mol. The van der Waals surface area contributed by atoms with Crippen molar-refractivity contribution < 1.29 is 5.11 Å². The molecule has 4 nitrogen and oxygen atoms in total. The van der Waals surface area contributed by atoms with Crippen molar-refractivity contribution in [2.24, 2.45) is 0 Å². The third-order valence-corrected chi connectivity index (χ3v) is 2.35. The number of H-pyrrole nitrogens is 1. The number of nitrogens with two attached hydrogens (primary N) is 1. The standard InChI is InChI=1S/C12H12N2O2/c1-7-6-10(15)11(12(16)14-7)8-2-4-9(13)5-3-8/h2-6H,13H2,1H3,(H2,14,15,16). The van der Waals surface area contributed by atoms with E-state index in [0.717, 1.165) is 0 Å². The Morgan fingerprint density at radius 1 is 1.25 bits per heavy atom. The molecule has 0 radical (unpaired) electrons. The maximum absolute atomic E-state index is 11.7. The van der Waals surface area contributed by atoms with Crippen molar-refractivity contribution in [2.45, 2.75) is 6.92 Å². The number of benzene rings is 1. The lowest BCUT2D eigenvalue weighted by molar-refractivity contribution is 0.475. The molecule has 2 rings (SSSR count). The second-order valence-electron chi connectivity index (χ2n) is 3.66. The number of pyridine rings is 1. The number of aromatic amines is 1. The Kier molecular flexibility index (Phi) is 2.40. The number of hydrogen-bond acceptors (Lipinski definition) is 3. The van der Waals surface area contributed by atoms with E-state index in [0.29, 0.717) is 16.9 Å². The van der Waals surface area contributed by atoms with Gasteiger partial charge < -0.3 is 15.8 Å². The molecule has 0 aliphatic rings. The minimum atomic E-state index is -0.303. The highest BCUT2D eigenvalue weighted by molar-refractivity contribution is 5.70.